The van der Waals surface area contributed by atoms with E-state index in [0.29, 0.717) is 11.3 Å². The van der Waals surface area contributed by atoms with Gasteiger partial charge in [0.15, 0.2) is 0 Å². The largest absolute Gasteiger partial charge is 0.496 e. The van der Waals surface area contributed by atoms with Crippen LogP contribution in [0.2, 0.25) is 0 Å². The zero-order valence-corrected chi connectivity index (χ0v) is 14.7. The van der Waals surface area contributed by atoms with Gasteiger partial charge in [0.25, 0.3) is 5.91 Å². The lowest BCUT2D eigenvalue weighted by atomic mass is 9.97. The van der Waals surface area contributed by atoms with Crippen LogP contribution in [0.3, 0.4) is 0 Å². The molecule has 0 unspecified atom stereocenters. The van der Waals surface area contributed by atoms with Crippen molar-refractivity contribution in [3.05, 3.63) is 83.4 Å². The summed E-state index contributed by atoms with van der Waals surface area (Å²) in [4.78, 5) is 12.6. The van der Waals surface area contributed by atoms with E-state index in [1.54, 1.807) is 7.11 Å². The molecule has 0 spiro atoms. The molecule has 0 atom stereocenters. The Morgan fingerprint density at radius 2 is 1.68 bits per heavy atom. The van der Waals surface area contributed by atoms with Crippen LogP contribution in [0.25, 0.3) is 11.1 Å². The zero-order chi connectivity index (χ0) is 17.8. The minimum atomic E-state index is -0.185. The number of aryl methyl sites for hydroxylation is 2. The van der Waals surface area contributed by atoms with Gasteiger partial charge in [-0.25, -0.2) is 0 Å². The van der Waals surface area contributed by atoms with Crippen LogP contribution in [0.5, 0.6) is 5.75 Å². The number of rotatable bonds is 4. The smallest absolute Gasteiger partial charge is 0.259 e. The molecule has 0 heterocycles. The van der Waals surface area contributed by atoms with E-state index in [9.17, 15) is 4.79 Å². The van der Waals surface area contributed by atoms with Crippen LogP contribution in [0, 0.1) is 13.8 Å². The molecule has 0 aliphatic heterocycles. The maximum Gasteiger partial charge on any atom is 0.259 e. The number of ether oxygens (including phenoxy) is 1. The standard InChI is InChI=1S/C22H21NO2/c1-15-9-11-19(16(2)13-15)17-10-12-20(21(14-17)25-3)22(24)23-18-7-5-4-6-8-18/h4-14H,1-3H3,(H,23,24). The lowest BCUT2D eigenvalue weighted by Crippen LogP contribution is -2.13. The van der Waals surface area contributed by atoms with E-state index in [4.69, 9.17) is 4.74 Å². The fraction of sp³-hybridized carbons (Fsp3) is 0.136. The van der Waals surface area contributed by atoms with Gasteiger partial charge in [0.1, 0.15) is 5.75 Å². The van der Waals surface area contributed by atoms with Gasteiger partial charge < -0.3 is 10.1 Å². The van der Waals surface area contributed by atoms with Crippen LogP contribution in [0.15, 0.2) is 66.7 Å². The molecule has 0 aliphatic carbocycles. The van der Waals surface area contributed by atoms with Crippen molar-refractivity contribution in [1.82, 2.24) is 0 Å². The Morgan fingerprint density at radius 1 is 0.920 bits per heavy atom. The first-order valence-corrected chi connectivity index (χ1v) is 8.20. The number of carbonyl (C=O) groups is 1. The highest BCUT2D eigenvalue weighted by atomic mass is 16.5. The zero-order valence-electron chi connectivity index (χ0n) is 14.7. The fourth-order valence-electron chi connectivity index (χ4n) is 2.90. The fourth-order valence-corrected chi connectivity index (χ4v) is 2.90. The van der Waals surface area contributed by atoms with Gasteiger partial charge in [-0.15, -0.1) is 0 Å². The second-order valence-electron chi connectivity index (χ2n) is 6.05. The molecule has 0 aromatic heterocycles. The van der Waals surface area contributed by atoms with E-state index in [-0.39, 0.29) is 5.91 Å². The van der Waals surface area contributed by atoms with Gasteiger partial charge in [-0.05, 0) is 54.8 Å². The van der Waals surface area contributed by atoms with Crippen molar-refractivity contribution < 1.29 is 9.53 Å². The minimum absolute atomic E-state index is 0.185. The third-order valence-corrected chi connectivity index (χ3v) is 4.17. The second kappa shape index (κ2) is 7.22. The average molecular weight is 331 g/mol. The molecule has 3 rings (SSSR count). The summed E-state index contributed by atoms with van der Waals surface area (Å²) in [6, 6.07) is 21.4. The summed E-state index contributed by atoms with van der Waals surface area (Å²) in [5, 5.41) is 2.89. The Balaban J connectivity index is 1.93. The summed E-state index contributed by atoms with van der Waals surface area (Å²) >= 11 is 0. The molecule has 3 aromatic rings. The highest BCUT2D eigenvalue weighted by Gasteiger charge is 2.14. The molecule has 0 bridgehead atoms. The van der Waals surface area contributed by atoms with Crippen molar-refractivity contribution in [1.29, 1.82) is 0 Å². The summed E-state index contributed by atoms with van der Waals surface area (Å²) < 4.78 is 5.47. The van der Waals surface area contributed by atoms with Crippen LogP contribution in [0.1, 0.15) is 21.5 Å². The molecule has 0 radical (unpaired) electrons. The van der Waals surface area contributed by atoms with Gasteiger partial charge in [0, 0.05) is 5.69 Å². The normalized spacial score (nSPS) is 10.4. The second-order valence-corrected chi connectivity index (χ2v) is 6.05. The van der Waals surface area contributed by atoms with Crippen molar-refractivity contribution in [2.45, 2.75) is 13.8 Å². The first kappa shape index (κ1) is 16.8. The maximum absolute atomic E-state index is 12.6. The Hall–Kier alpha value is -3.07. The summed E-state index contributed by atoms with van der Waals surface area (Å²) in [5.74, 6) is 0.376. The van der Waals surface area contributed by atoms with E-state index >= 15 is 0 Å². The number of nitrogens with one attached hydrogen (secondary N) is 1. The van der Waals surface area contributed by atoms with Gasteiger partial charge in [0.05, 0.1) is 12.7 Å². The van der Waals surface area contributed by atoms with Crippen molar-refractivity contribution in [2.75, 3.05) is 12.4 Å². The number of anilines is 1. The molecule has 3 aromatic carbocycles. The van der Waals surface area contributed by atoms with Crippen LogP contribution < -0.4 is 10.1 Å². The van der Waals surface area contributed by atoms with E-state index in [2.05, 4.69) is 37.4 Å². The molecule has 126 valence electrons. The van der Waals surface area contributed by atoms with Crippen molar-refractivity contribution in [3.63, 3.8) is 0 Å². The van der Waals surface area contributed by atoms with Crippen LogP contribution in [-0.2, 0) is 0 Å². The van der Waals surface area contributed by atoms with Gasteiger partial charge in [-0.2, -0.15) is 0 Å². The molecule has 0 aliphatic rings. The van der Waals surface area contributed by atoms with Crippen molar-refractivity contribution in [3.8, 4) is 16.9 Å². The van der Waals surface area contributed by atoms with Crippen LogP contribution in [-0.4, -0.2) is 13.0 Å². The minimum Gasteiger partial charge on any atom is -0.496 e. The number of benzene rings is 3. The first-order valence-electron chi connectivity index (χ1n) is 8.20. The van der Waals surface area contributed by atoms with Gasteiger partial charge in [-0.3, -0.25) is 4.79 Å². The van der Waals surface area contributed by atoms with E-state index in [1.165, 1.54) is 11.1 Å². The van der Waals surface area contributed by atoms with Gasteiger partial charge in [-0.1, -0.05) is 48.0 Å². The lowest BCUT2D eigenvalue weighted by molar-refractivity contribution is 0.102. The Bertz CT molecular complexity index is 901. The van der Waals surface area contributed by atoms with Crippen LogP contribution >= 0.6 is 0 Å². The monoisotopic (exact) mass is 331 g/mol. The number of methoxy groups -OCH3 is 1. The molecular weight excluding hydrogens is 310 g/mol. The molecule has 0 fully saturated rings. The number of para-hydroxylation sites is 1. The quantitative estimate of drug-likeness (QED) is 0.711. The number of hydrogen-bond acceptors (Lipinski definition) is 2. The molecule has 0 saturated heterocycles. The van der Waals surface area contributed by atoms with E-state index in [0.717, 1.165) is 16.8 Å². The van der Waals surface area contributed by atoms with Crippen LogP contribution in [0.4, 0.5) is 5.69 Å². The average Bonchev–Trinajstić information content (AvgIpc) is 2.62. The summed E-state index contributed by atoms with van der Waals surface area (Å²) in [7, 11) is 1.58. The summed E-state index contributed by atoms with van der Waals surface area (Å²) in [6.45, 7) is 4.17. The third kappa shape index (κ3) is 3.72. The molecule has 1 N–H and O–H groups in total. The predicted octanol–water partition coefficient (Wildman–Crippen LogP) is 5.23. The Labute approximate surface area is 148 Å². The number of amides is 1. The molecule has 1 amide bonds. The lowest BCUT2D eigenvalue weighted by Gasteiger charge is -2.13. The summed E-state index contributed by atoms with van der Waals surface area (Å²) in [5.41, 5.74) is 5.87. The summed E-state index contributed by atoms with van der Waals surface area (Å²) in [6.07, 6.45) is 0. The highest BCUT2D eigenvalue weighted by molar-refractivity contribution is 6.06. The van der Waals surface area contributed by atoms with E-state index < -0.39 is 0 Å². The predicted molar refractivity (Wildman–Crippen MR) is 102 cm³/mol. The molecule has 3 nitrogen and oxygen atoms in total. The topological polar surface area (TPSA) is 38.3 Å². The van der Waals surface area contributed by atoms with Crippen molar-refractivity contribution in [2.24, 2.45) is 0 Å². The molecule has 0 saturated carbocycles. The number of carbonyl (C=O) groups excluding carboxylic acids is 1. The molecule has 25 heavy (non-hydrogen) atoms. The van der Waals surface area contributed by atoms with Gasteiger partial charge in [0.2, 0.25) is 0 Å². The third-order valence-electron chi connectivity index (χ3n) is 4.17. The number of hydrogen-bond donors (Lipinski definition) is 1. The first-order chi connectivity index (χ1) is 12.1. The SMILES string of the molecule is COc1cc(-c2ccc(C)cc2C)ccc1C(=O)Nc1ccccc1. The molecular formula is C22H21NO2. The van der Waals surface area contributed by atoms with Gasteiger partial charge >= 0.3 is 0 Å². The molecule has 3 heteroatoms. The highest BCUT2D eigenvalue weighted by Crippen LogP contribution is 2.30. The Kier molecular flexibility index (Phi) is 4.85. The van der Waals surface area contributed by atoms with Crippen molar-refractivity contribution >= 4 is 11.6 Å². The maximum atomic E-state index is 12.6. The Morgan fingerprint density at radius 3 is 2.36 bits per heavy atom. The van der Waals surface area contributed by atoms with E-state index in [1.807, 2.05) is 48.5 Å².